The van der Waals surface area contributed by atoms with Crippen LogP contribution >= 0.6 is 0 Å². The van der Waals surface area contributed by atoms with E-state index in [0.29, 0.717) is 25.4 Å². The number of amides is 1. The number of nitrogens with zero attached hydrogens (tertiary/aromatic N) is 3. The third-order valence-electron chi connectivity index (χ3n) is 4.37. The quantitative estimate of drug-likeness (QED) is 0.760. The highest BCUT2D eigenvalue weighted by Crippen LogP contribution is 2.27. The SMILES string of the molecule is CCCC(CC(=O)N(CCCO)C1CCC1)n1ccnc1. The monoisotopic (exact) mass is 293 g/mol. The first-order chi connectivity index (χ1) is 10.3. The van der Waals surface area contributed by atoms with Crippen molar-refractivity contribution in [1.82, 2.24) is 14.5 Å². The minimum Gasteiger partial charge on any atom is -0.396 e. The maximum absolute atomic E-state index is 12.7. The molecular formula is C16H27N3O2. The van der Waals surface area contributed by atoms with Gasteiger partial charge in [-0.2, -0.15) is 0 Å². The number of hydrogen-bond acceptors (Lipinski definition) is 3. The summed E-state index contributed by atoms with van der Waals surface area (Å²) in [5.41, 5.74) is 0. The molecule has 1 aromatic heterocycles. The van der Waals surface area contributed by atoms with E-state index in [2.05, 4.69) is 11.9 Å². The number of carbonyl (C=O) groups excluding carboxylic acids is 1. The van der Waals surface area contributed by atoms with Crippen molar-refractivity contribution in [2.45, 2.75) is 64.0 Å². The standard InChI is InChI=1S/C16H27N3O2/c1-2-5-15(18-10-8-17-13-18)12-16(21)19(9-4-11-20)14-6-3-7-14/h8,10,13-15,20H,2-7,9,11-12H2,1H3. The second kappa shape index (κ2) is 8.17. The van der Waals surface area contributed by atoms with Crippen LogP contribution in [0, 0.1) is 0 Å². The van der Waals surface area contributed by atoms with Gasteiger partial charge in [-0.15, -0.1) is 0 Å². The molecule has 1 aliphatic rings. The summed E-state index contributed by atoms with van der Waals surface area (Å²) in [6.07, 6.45) is 12.2. The first kappa shape index (κ1) is 16.0. The minimum atomic E-state index is 0.149. The zero-order chi connectivity index (χ0) is 15.1. The summed E-state index contributed by atoms with van der Waals surface area (Å²) in [6, 6.07) is 0.593. The van der Waals surface area contributed by atoms with Gasteiger partial charge in [0, 0.05) is 44.0 Å². The maximum Gasteiger partial charge on any atom is 0.224 e. The fourth-order valence-electron chi connectivity index (χ4n) is 2.94. The number of rotatable bonds is 9. The van der Waals surface area contributed by atoms with Crippen molar-refractivity contribution >= 4 is 5.91 Å². The molecule has 118 valence electrons. The Kier molecular flexibility index (Phi) is 6.23. The average Bonchev–Trinajstić information content (AvgIpc) is 2.94. The molecule has 1 N–H and O–H groups in total. The number of hydrogen-bond donors (Lipinski definition) is 1. The van der Waals surface area contributed by atoms with Crippen molar-refractivity contribution < 1.29 is 9.90 Å². The van der Waals surface area contributed by atoms with Gasteiger partial charge >= 0.3 is 0 Å². The number of carbonyl (C=O) groups is 1. The van der Waals surface area contributed by atoms with Gasteiger partial charge in [-0.25, -0.2) is 4.98 Å². The van der Waals surface area contributed by atoms with Gasteiger partial charge in [-0.05, 0) is 32.1 Å². The Morgan fingerprint density at radius 3 is 2.86 bits per heavy atom. The third-order valence-corrected chi connectivity index (χ3v) is 4.37. The topological polar surface area (TPSA) is 58.4 Å². The molecule has 0 aromatic carbocycles. The summed E-state index contributed by atoms with van der Waals surface area (Å²) in [6.45, 7) is 2.98. The van der Waals surface area contributed by atoms with Crippen molar-refractivity contribution in [3.8, 4) is 0 Å². The molecule has 0 saturated heterocycles. The van der Waals surface area contributed by atoms with Crippen LogP contribution in [-0.4, -0.2) is 44.7 Å². The van der Waals surface area contributed by atoms with Gasteiger partial charge in [-0.1, -0.05) is 13.3 Å². The molecule has 1 saturated carbocycles. The number of aliphatic hydroxyl groups is 1. The smallest absolute Gasteiger partial charge is 0.224 e. The number of aliphatic hydroxyl groups excluding tert-OH is 1. The van der Waals surface area contributed by atoms with Gasteiger partial charge in [0.1, 0.15) is 0 Å². The van der Waals surface area contributed by atoms with E-state index in [1.807, 2.05) is 15.7 Å². The summed E-state index contributed by atoms with van der Waals surface area (Å²) < 4.78 is 2.05. The van der Waals surface area contributed by atoms with Gasteiger partial charge in [0.2, 0.25) is 5.91 Å². The molecule has 0 radical (unpaired) electrons. The molecule has 5 heteroatoms. The predicted octanol–water partition coefficient (Wildman–Crippen LogP) is 2.38. The molecule has 1 heterocycles. The van der Waals surface area contributed by atoms with E-state index in [4.69, 9.17) is 5.11 Å². The van der Waals surface area contributed by atoms with Crippen LogP contribution in [0.5, 0.6) is 0 Å². The average molecular weight is 293 g/mol. The maximum atomic E-state index is 12.7. The van der Waals surface area contributed by atoms with E-state index >= 15 is 0 Å². The van der Waals surface area contributed by atoms with Crippen LogP contribution < -0.4 is 0 Å². The Morgan fingerprint density at radius 2 is 2.33 bits per heavy atom. The Hall–Kier alpha value is -1.36. The van der Waals surface area contributed by atoms with E-state index in [1.54, 1.807) is 12.5 Å². The van der Waals surface area contributed by atoms with Crippen molar-refractivity contribution in [1.29, 1.82) is 0 Å². The predicted molar refractivity (Wildman–Crippen MR) is 81.8 cm³/mol. The molecule has 2 rings (SSSR count). The first-order valence-corrected chi connectivity index (χ1v) is 8.14. The Balaban J connectivity index is 1.97. The summed E-state index contributed by atoms with van der Waals surface area (Å²) in [7, 11) is 0. The molecule has 5 nitrogen and oxygen atoms in total. The van der Waals surface area contributed by atoms with E-state index in [-0.39, 0.29) is 18.6 Å². The van der Waals surface area contributed by atoms with Crippen molar-refractivity contribution in [2.75, 3.05) is 13.2 Å². The molecule has 0 spiro atoms. The lowest BCUT2D eigenvalue weighted by Gasteiger charge is -2.38. The zero-order valence-corrected chi connectivity index (χ0v) is 12.9. The van der Waals surface area contributed by atoms with E-state index < -0.39 is 0 Å². The lowest BCUT2D eigenvalue weighted by molar-refractivity contribution is -0.136. The fourth-order valence-corrected chi connectivity index (χ4v) is 2.94. The zero-order valence-electron chi connectivity index (χ0n) is 12.9. The highest BCUT2D eigenvalue weighted by molar-refractivity contribution is 5.77. The van der Waals surface area contributed by atoms with Crippen LogP contribution in [0.1, 0.15) is 57.9 Å². The number of imidazole rings is 1. The Morgan fingerprint density at radius 1 is 1.52 bits per heavy atom. The Bertz CT molecular complexity index is 415. The summed E-state index contributed by atoms with van der Waals surface area (Å²) >= 11 is 0. The summed E-state index contributed by atoms with van der Waals surface area (Å²) in [4.78, 5) is 18.8. The van der Waals surface area contributed by atoms with E-state index in [9.17, 15) is 4.79 Å². The van der Waals surface area contributed by atoms with Gasteiger partial charge < -0.3 is 14.6 Å². The normalized spacial score (nSPS) is 16.5. The van der Waals surface area contributed by atoms with Crippen LogP contribution in [-0.2, 0) is 4.79 Å². The van der Waals surface area contributed by atoms with Crippen LogP contribution in [0.4, 0.5) is 0 Å². The molecule has 1 fully saturated rings. The second-order valence-electron chi connectivity index (χ2n) is 5.91. The lowest BCUT2D eigenvalue weighted by atomic mass is 9.90. The van der Waals surface area contributed by atoms with Crippen molar-refractivity contribution in [2.24, 2.45) is 0 Å². The fraction of sp³-hybridized carbons (Fsp3) is 0.750. The second-order valence-corrected chi connectivity index (χ2v) is 5.91. The Labute approximate surface area is 127 Å². The van der Waals surface area contributed by atoms with Crippen LogP contribution in [0.3, 0.4) is 0 Å². The largest absolute Gasteiger partial charge is 0.396 e. The summed E-state index contributed by atoms with van der Waals surface area (Å²) in [5.74, 6) is 0.223. The van der Waals surface area contributed by atoms with Gasteiger partial charge in [0.05, 0.1) is 6.33 Å². The van der Waals surface area contributed by atoms with Crippen molar-refractivity contribution in [3.63, 3.8) is 0 Å². The highest BCUT2D eigenvalue weighted by Gasteiger charge is 2.29. The molecule has 1 aliphatic carbocycles. The molecule has 1 unspecified atom stereocenters. The molecular weight excluding hydrogens is 266 g/mol. The molecule has 1 atom stereocenters. The molecule has 0 bridgehead atoms. The minimum absolute atomic E-state index is 0.149. The summed E-state index contributed by atoms with van der Waals surface area (Å²) in [5, 5.41) is 9.04. The molecule has 1 amide bonds. The molecule has 1 aromatic rings. The van der Waals surface area contributed by atoms with Crippen LogP contribution in [0.2, 0.25) is 0 Å². The van der Waals surface area contributed by atoms with E-state index in [1.165, 1.54) is 6.42 Å². The highest BCUT2D eigenvalue weighted by atomic mass is 16.3. The van der Waals surface area contributed by atoms with Crippen LogP contribution in [0.25, 0.3) is 0 Å². The van der Waals surface area contributed by atoms with E-state index in [0.717, 1.165) is 25.7 Å². The number of aromatic nitrogens is 2. The molecule has 21 heavy (non-hydrogen) atoms. The van der Waals surface area contributed by atoms with Gasteiger partial charge in [0.25, 0.3) is 0 Å². The van der Waals surface area contributed by atoms with Crippen LogP contribution in [0.15, 0.2) is 18.7 Å². The third kappa shape index (κ3) is 4.30. The lowest BCUT2D eigenvalue weighted by Crippen LogP contribution is -2.45. The van der Waals surface area contributed by atoms with Gasteiger partial charge in [-0.3, -0.25) is 4.79 Å². The van der Waals surface area contributed by atoms with Crippen molar-refractivity contribution in [3.05, 3.63) is 18.7 Å². The molecule has 0 aliphatic heterocycles. The first-order valence-electron chi connectivity index (χ1n) is 8.14. The van der Waals surface area contributed by atoms with Gasteiger partial charge in [0.15, 0.2) is 0 Å².